The van der Waals surface area contributed by atoms with Crippen molar-refractivity contribution >= 4 is 5.91 Å². The Hall–Kier alpha value is -1.33. The molecule has 0 saturated heterocycles. The summed E-state index contributed by atoms with van der Waals surface area (Å²) in [5, 5.41) is 2.97. The van der Waals surface area contributed by atoms with Crippen molar-refractivity contribution in [3.8, 4) is 0 Å². The number of hydrogen-bond donors (Lipinski definition) is 2. The molecule has 18 heavy (non-hydrogen) atoms. The van der Waals surface area contributed by atoms with Crippen molar-refractivity contribution in [2.45, 2.75) is 45.0 Å². The summed E-state index contributed by atoms with van der Waals surface area (Å²) in [4.78, 5) is 12.1. The van der Waals surface area contributed by atoms with Crippen LogP contribution in [0.2, 0.25) is 0 Å². The Balaban J connectivity index is 1.98. The molecule has 1 aliphatic carbocycles. The minimum Gasteiger partial charge on any atom is -0.376 e. The van der Waals surface area contributed by atoms with Crippen molar-refractivity contribution in [3.05, 3.63) is 24.0 Å². The number of aryl methyl sites for hydroxylation is 1. The van der Waals surface area contributed by atoms with E-state index in [9.17, 15) is 4.79 Å². The maximum absolute atomic E-state index is 12.1. The van der Waals surface area contributed by atoms with E-state index in [4.69, 9.17) is 10.5 Å². The highest BCUT2D eigenvalue weighted by Gasteiger charge is 2.40. The summed E-state index contributed by atoms with van der Waals surface area (Å²) in [6.45, 7) is 5.39. The highest BCUT2D eigenvalue weighted by atomic mass is 16.5. The van der Waals surface area contributed by atoms with Crippen LogP contribution in [0, 0.1) is 0 Å². The highest BCUT2D eigenvalue weighted by Crippen LogP contribution is 2.23. The second-order valence-corrected chi connectivity index (χ2v) is 4.57. The van der Waals surface area contributed by atoms with Crippen LogP contribution < -0.4 is 11.1 Å². The molecule has 1 fully saturated rings. The molecule has 1 saturated carbocycles. The number of carbonyl (C=O) groups excluding carboxylic acids is 1. The van der Waals surface area contributed by atoms with Crippen molar-refractivity contribution in [2.24, 2.45) is 5.73 Å². The van der Waals surface area contributed by atoms with Crippen molar-refractivity contribution in [3.63, 3.8) is 0 Å². The first-order valence-electron chi connectivity index (χ1n) is 6.50. The van der Waals surface area contributed by atoms with E-state index in [1.165, 1.54) is 0 Å². The third-order valence-electron chi connectivity index (χ3n) is 3.45. The minimum atomic E-state index is -0.0771. The Labute approximate surface area is 107 Å². The second-order valence-electron chi connectivity index (χ2n) is 4.57. The normalized spacial score (nSPS) is 26.7. The summed E-state index contributed by atoms with van der Waals surface area (Å²) in [5.74, 6) is -0.0771. The number of amides is 1. The van der Waals surface area contributed by atoms with Gasteiger partial charge in [0.15, 0.2) is 0 Å². The van der Waals surface area contributed by atoms with Gasteiger partial charge in [-0.2, -0.15) is 0 Å². The molecule has 3 N–H and O–H groups in total. The van der Waals surface area contributed by atoms with E-state index in [2.05, 4.69) is 5.32 Å². The van der Waals surface area contributed by atoms with Crippen LogP contribution in [0.5, 0.6) is 0 Å². The van der Waals surface area contributed by atoms with E-state index in [-0.39, 0.29) is 24.1 Å². The minimum absolute atomic E-state index is 0.00413. The van der Waals surface area contributed by atoms with Gasteiger partial charge in [-0.25, -0.2) is 0 Å². The number of nitrogens with zero attached hydrogens (tertiary/aromatic N) is 1. The van der Waals surface area contributed by atoms with Crippen LogP contribution in [0.15, 0.2) is 18.3 Å². The zero-order valence-corrected chi connectivity index (χ0v) is 10.9. The highest BCUT2D eigenvalue weighted by molar-refractivity contribution is 5.93. The monoisotopic (exact) mass is 251 g/mol. The lowest BCUT2D eigenvalue weighted by molar-refractivity contribution is -0.0301. The molecule has 1 heterocycles. The summed E-state index contributed by atoms with van der Waals surface area (Å²) in [6.07, 6.45) is 2.77. The van der Waals surface area contributed by atoms with Crippen LogP contribution >= 0.6 is 0 Å². The Kier molecular flexibility index (Phi) is 4.04. The zero-order valence-electron chi connectivity index (χ0n) is 10.9. The van der Waals surface area contributed by atoms with Gasteiger partial charge in [0.05, 0.1) is 12.1 Å². The summed E-state index contributed by atoms with van der Waals surface area (Å²) in [6, 6.07) is 3.62. The van der Waals surface area contributed by atoms with Gasteiger partial charge in [0.1, 0.15) is 5.69 Å². The van der Waals surface area contributed by atoms with Gasteiger partial charge >= 0.3 is 0 Å². The quantitative estimate of drug-likeness (QED) is 0.811. The second kappa shape index (κ2) is 5.54. The number of hydrogen-bond acceptors (Lipinski definition) is 3. The Morgan fingerprint density at radius 1 is 1.61 bits per heavy atom. The Morgan fingerprint density at radius 2 is 2.39 bits per heavy atom. The van der Waals surface area contributed by atoms with Gasteiger partial charge < -0.3 is 20.4 Å². The molecule has 5 nitrogen and oxygen atoms in total. The molecule has 0 radical (unpaired) electrons. The van der Waals surface area contributed by atoms with Crippen molar-refractivity contribution in [1.82, 2.24) is 9.88 Å². The van der Waals surface area contributed by atoms with Gasteiger partial charge in [-0.15, -0.1) is 0 Å². The number of nitrogens with two attached hydrogens (primary N) is 1. The summed E-state index contributed by atoms with van der Waals surface area (Å²) in [7, 11) is 0. The average Bonchev–Trinajstić information content (AvgIpc) is 2.83. The molecule has 2 rings (SSSR count). The molecular formula is C13H21N3O2. The summed E-state index contributed by atoms with van der Waals surface area (Å²) in [5.41, 5.74) is 6.59. The molecule has 0 aliphatic heterocycles. The lowest BCUT2D eigenvalue weighted by Gasteiger charge is -2.42. The van der Waals surface area contributed by atoms with Crippen molar-refractivity contribution in [2.75, 3.05) is 6.61 Å². The topological polar surface area (TPSA) is 69.3 Å². The molecule has 0 bridgehead atoms. The first kappa shape index (κ1) is 13.1. The van der Waals surface area contributed by atoms with E-state index >= 15 is 0 Å². The van der Waals surface area contributed by atoms with Gasteiger partial charge in [-0.05, 0) is 32.4 Å². The Bertz CT molecular complexity index is 414. The fourth-order valence-electron chi connectivity index (χ4n) is 2.35. The predicted molar refractivity (Wildman–Crippen MR) is 69.4 cm³/mol. The lowest BCUT2D eigenvalue weighted by Crippen LogP contribution is -2.64. The lowest BCUT2D eigenvalue weighted by atomic mass is 9.83. The smallest absolute Gasteiger partial charge is 0.268 e. The first-order chi connectivity index (χ1) is 8.67. The molecule has 3 atom stereocenters. The SMILES string of the molecule is CCOC1CC(N)C1NC(=O)c1cccn1CC. The molecule has 5 heteroatoms. The average molecular weight is 251 g/mol. The van der Waals surface area contributed by atoms with Crippen LogP contribution in [0.25, 0.3) is 0 Å². The van der Waals surface area contributed by atoms with E-state index in [0.717, 1.165) is 13.0 Å². The van der Waals surface area contributed by atoms with E-state index in [0.29, 0.717) is 12.3 Å². The summed E-state index contributed by atoms with van der Waals surface area (Å²) >= 11 is 0. The largest absolute Gasteiger partial charge is 0.376 e. The standard InChI is InChI=1S/C13H21N3O2/c1-3-16-7-5-6-10(16)13(17)15-12-9(14)8-11(12)18-4-2/h5-7,9,11-12H,3-4,8,14H2,1-2H3,(H,15,17). The van der Waals surface area contributed by atoms with E-state index in [1.54, 1.807) is 0 Å². The molecule has 100 valence electrons. The fourth-order valence-corrected chi connectivity index (χ4v) is 2.35. The van der Waals surface area contributed by atoms with Crippen molar-refractivity contribution < 1.29 is 9.53 Å². The maximum atomic E-state index is 12.1. The van der Waals surface area contributed by atoms with Gasteiger partial charge in [0.2, 0.25) is 0 Å². The van der Waals surface area contributed by atoms with Crippen molar-refractivity contribution in [1.29, 1.82) is 0 Å². The number of nitrogens with one attached hydrogen (secondary N) is 1. The fraction of sp³-hybridized carbons (Fsp3) is 0.615. The maximum Gasteiger partial charge on any atom is 0.268 e. The molecule has 0 spiro atoms. The van der Waals surface area contributed by atoms with Crippen LogP contribution in [-0.4, -0.2) is 35.3 Å². The Morgan fingerprint density at radius 3 is 3.00 bits per heavy atom. The third kappa shape index (κ3) is 2.42. The van der Waals surface area contributed by atoms with Gasteiger partial charge in [-0.3, -0.25) is 4.79 Å². The number of carbonyl (C=O) groups is 1. The van der Waals surface area contributed by atoms with Gasteiger partial charge in [0, 0.05) is 25.4 Å². The number of rotatable bonds is 5. The first-order valence-corrected chi connectivity index (χ1v) is 6.50. The molecule has 1 aliphatic rings. The zero-order chi connectivity index (χ0) is 13.1. The predicted octanol–water partition coefficient (Wildman–Crippen LogP) is 0.742. The molecular weight excluding hydrogens is 230 g/mol. The molecule has 1 amide bonds. The van der Waals surface area contributed by atoms with Gasteiger partial charge in [0.25, 0.3) is 5.91 Å². The summed E-state index contributed by atoms with van der Waals surface area (Å²) < 4.78 is 7.45. The van der Waals surface area contributed by atoms with E-state index < -0.39 is 0 Å². The van der Waals surface area contributed by atoms with E-state index in [1.807, 2.05) is 36.7 Å². The van der Waals surface area contributed by atoms with Crippen LogP contribution in [0.4, 0.5) is 0 Å². The van der Waals surface area contributed by atoms with Crippen LogP contribution in [0.3, 0.4) is 0 Å². The number of ether oxygens (including phenoxy) is 1. The van der Waals surface area contributed by atoms with Crippen LogP contribution in [-0.2, 0) is 11.3 Å². The van der Waals surface area contributed by atoms with Gasteiger partial charge in [-0.1, -0.05) is 0 Å². The molecule has 1 aromatic rings. The third-order valence-corrected chi connectivity index (χ3v) is 3.45. The number of aromatic nitrogens is 1. The molecule has 3 unspecified atom stereocenters. The molecule has 1 aromatic heterocycles. The van der Waals surface area contributed by atoms with Crippen LogP contribution in [0.1, 0.15) is 30.8 Å². The molecule has 0 aromatic carbocycles.